The molecule has 4 rings (SSSR count). The Morgan fingerprint density at radius 1 is 0.963 bits per heavy atom. The molecule has 1 heterocycles. The van der Waals surface area contributed by atoms with E-state index in [4.69, 9.17) is 0 Å². The first-order chi connectivity index (χ1) is 12.6. The van der Waals surface area contributed by atoms with Gasteiger partial charge in [0.2, 0.25) is 0 Å². The van der Waals surface area contributed by atoms with Gasteiger partial charge in [-0.2, -0.15) is 5.01 Å². The molecule has 1 saturated heterocycles. The van der Waals surface area contributed by atoms with Crippen LogP contribution in [0.15, 0.2) is 41.5 Å². The van der Waals surface area contributed by atoms with Crippen LogP contribution in [0, 0.1) is 28.6 Å². The number of allylic oxidation sites excluding steroid dienone is 2. The zero-order valence-corrected chi connectivity index (χ0v) is 16.3. The minimum Gasteiger partial charge on any atom is -0.307 e. The number of benzene rings is 1. The summed E-state index contributed by atoms with van der Waals surface area (Å²) in [5, 5.41) is 3.58. The average molecular weight is 367 g/mol. The predicted molar refractivity (Wildman–Crippen MR) is 101 cm³/mol. The number of nitrogens with zero attached hydrogens (tertiary/aromatic N) is 1. The van der Waals surface area contributed by atoms with E-state index < -0.39 is 17.9 Å². The molecule has 2 N–H and O–H groups in total. The van der Waals surface area contributed by atoms with Crippen molar-refractivity contribution in [1.29, 1.82) is 0 Å². The molecule has 6 heteroatoms. The van der Waals surface area contributed by atoms with E-state index >= 15 is 0 Å². The number of imide groups is 1. The van der Waals surface area contributed by atoms with Crippen LogP contribution in [0.1, 0.15) is 34.6 Å². The van der Waals surface area contributed by atoms with Gasteiger partial charge in [0.1, 0.15) is 0 Å². The number of carbonyl (C=O) groups excluding carboxylic acids is 3. The number of para-hydroxylation sites is 1. The molecule has 1 saturated carbocycles. The maximum Gasteiger partial charge on any atom is 0.338 e. The van der Waals surface area contributed by atoms with Crippen molar-refractivity contribution in [2.24, 2.45) is 28.6 Å². The molecular formula is C21H25N3O3. The molecule has 0 radical (unpaired) electrons. The van der Waals surface area contributed by atoms with Crippen LogP contribution in [0.4, 0.5) is 10.5 Å². The summed E-state index contributed by atoms with van der Waals surface area (Å²) in [4.78, 5) is 38.7. The maximum absolute atomic E-state index is 13.2. The highest BCUT2D eigenvalue weighted by molar-refractivity contribution is 6.09. The molecule has 1 aromatic rings. The van der Waals surface area contributed by atoms with E-state index in [1.165, 1.54) is 11.1 Å². The molecule has 2 fully saturated rings. The normalized spacial score (nSPS) is 37.1. The third-order valence-corrected chi connectivity index (χ3v) is 7.82. The number of amides is 4. The fourth-order valence-electron chi connectivity index (χ4n) is 5.86. The minimum absolute atomic E-state index is 0.202. The molecule has 27 heavy (non-hydrogen) atoms. The zero-order valence-electron chi connectivity index (χ0n) is 16.3. The fraction of sp³-hybridized carbons (Fsp3) is 0.476. The van der Waals surface area contributed by atoms with Crippen molar-refractivity contribution in [1.82, 2.24) is 10.4 Å². The van der Waals surface area contributed by atoms with Crippen LogP contribution >= 0.6 is 0 Å². The van der Waals surface area contributed by atoms with Crippen LogP contribution in [0.2, 0.25) is 0 Å². The van der Waals surface area contributed by atoms with Crippen molar-refractivity contribution in [2.45, 2.75) is 34.6 Å². The predicted octanol–water partition coefficient (Wildman–Crippen LogP) is 3.34. The number of nitrogens with one attached hydrogen (secondary N) is 2. The summed E-state index contributed by atoms with van der Waals surface area (Å²) in [5.41, 5.74) is 4.75. The van der Waals surface area contributed by atoms with Crippen molar-refractivity contribution in [3.63, 3.8) is 0 Å². The summed E-state index contributed by atoms with van der Waals surface area (Å²) in [6.45, 7) is 10.5. The Morgan fingerprint density at radius 3 is 1.93 bits per heavy atom. The lowest BCUT2D eigenvalue weighted by Crippen LogP contribution is -2.50. The Kier molecular flexibility index (Phi) is 3.58. The van der Waals surface area contributed by atoms with E-state index in [2.05, 4.69) is 45.4 Å². The summed E-state index contributed by atoms with van der Waals surface area (Å²) in [6.07, 6.45) is 0. The fourth-order valence-corrected chi connectivity index (χ4v) is 5.86. The van der Waals surface area contributed by atoms with Gasteiger partial charge in [0.25, 0.3) is 11.8 Å². The van der Waals surface area contributed by atoms with E-state index in [9.17, 15) is 14.4 Å². The quantitative estimate of drug-likeness (QED) is 0.622. The van der Waals surface area contributed by atoms with Crippen molar-refractivity contribution in [3.8, 4) is 0 Å². The monoisotopic (exact) mass is 367 g/mol. The van der Waals surface area contributed by atoms with Crippen molar-refractivity contribution < 1.29 is 14.4 Å². The Labute approximate surface area is 159 Å². The third kappa shape index (κ3) is 1.98. The molecule has 2 bridgehead atoms. The molecular weight excluding hydrogens is 342 g/mol. The molecule has 0 spiro atoms. The Bertz CT molecular complexity index is 849. The van der Waals surface area contributed by atoms with Crippen LogP contribution < -0.4 is 10.7 Å². The highest BCUT2D eigenvalue weighted by Crippen LogP contribution is 2.73. The smallest absolute Gasteiger partial charge is 0.307 e. The highest BCUT2D eigenvalue weighted by atomic mass is 16.2. The molecule has 4 amide bonds. The first kappa shape index (κ1) is 17.8. The Hall–Kier alpha value is -2.63. The lowest BCUT2D eigenvalue weighted by atomic mass is 9.66. The second-order valence-electron chi connectivity index (χ2n) is 8.44. The van der Waals surface area contributed by atoms with E-state index in [1.807, 2.05) is 6.07 Å². The van der Waals surface area contributed by atoms with E-state index in [0.29, 0.717) is 5.69 Å². The first-order valence-electron chi connectivity index (χ1n) is 9.34. The lowest BCUT2D eigenvalue weighted by molar-refractivity contribution is -0.144. The molecule has 142 valence electrons. The molecule has 5 atom stereocenters. The average Bonchev–Trinajstić information content (AvgIpc) is 3.05. The van der Waals surface area contributed by atoms with Gasteiger partial charge in [-0.05, 0) is 31.9 Å². The number of hydrogen-bond donors (Lipinski definition) is 2. The third-order valence-electron chi connectivity index (χ3n) is 7.82. The topological polar surface area (TPSA) is 78.5 Å². The number of urea groups is 1. The SMILES string of the molecule is CC1=C(C)[C@]2(C)C(C)[C@@]1(C)[C@@H]1C(=O)N(NC(=O)Nc3ccccc3)C(=O)[C@@H]12. The summed E-state index contributed by atoms with van der Waals surface area (Å²) in [7, 11) is 0. The molecule has 1 unspecified atom stereocenters. The minimum atomic E-state index is -0.597. The highest BCUT2D eigenvalue weighted by Gasteiger charge is 2.75. The number of anilines is 1. The molecule has 0 aromatic heterocycles. The van der Waals surface area contributed by atoms with Gasteiger partial charge >= 0.3 is 6.03 Å². The second kappa shape index (κ2) is 5.44. The van der Waals surface area contributed by atoms with Crippen molar-refractivity contribution >= 4 is 23.5 Å². The van der Waals surface area contributed by atoms with Gasteiger partial charge in [0.05, 0.1) is 11.8 Å². The van der Waals surface area contributed by atoms with E-state index in [0.717, 1.165) is 5.01 Å². The summed E-state index contributed by atoms with van der Waals surface area (Å²) >= 11 is 0. The van der Waals surface area contributed by atoms with Gasteiger partial charge in [0, 0.05) is 16.5 Å². The molecule has 1 aliphatic heterocycles. The number of rotatable bonds is 2. The first-order valence-corrected chi connectivity index (χ1v) is 9.34. The lowest BCUT2D eigenvalue weighted by Gasteiger charge is -2.34. The van der Waals surface area contributed by atoms with Gasteiger partial charge < -0.3 is 5.32 Å². The van der Waals surface area contributed by atoms with Crippen LogP contribution in [0.25, 0.3) is 0 Å². The standard InChI is InChI=1S/C21H25N3O3/c1-11-12(2)21(5)13(3)20(11,4)15-16(21)18(26)24(17(15)25)23-19(27)22-14-9-7-6-8-10-14/h6-10,13,15-16H,1-5H3,(H2,22,23,27)/t13?,15-,16+,20-,21+. The number of hydrazine groups is 1. The number of fused-ring (bicyclic) bond motifs is 5. The Morgan fingerprint density at radius 2 is 1.44 bits per heavy atom. The van der Waals surface area contributed by atoms with Crippen LogP contribution in [-0.2, 0) is 9.59 Å². The van der Waals surface area contributed by atoms with Crippen LogP contribution in [0.3, 0.4) is 0 Å². The summed E-state index contributed by atoms with van der Waals surface area (Å²) in [6, 6.07) is 8.31. The Balaban J connectivity index is 1.61. The van der Waals surface area contributed by atoms with Crippen LogP contribution in [-0.4, -0.2) is 22.9 Å². The van der Waals surface area contributed by atoms with E-state index in [1.54, 1.807) is 24.3 Å². The van der Waals surface area contributed by atoms with Gasteiger partial charge in [-0.25, -0.2) is 10.2 Å². The van der Waals surface area contributed by atoms with Gasteiger partial charge in [-0.15, -0.1) is 0 Å². The maximum atomic E-state index is 13.2. The molecule has 3 aliphatic rings. The number of carbonyl (C=O) groups is 3. The van der Waals surface area contributed by atoms with Gasteiger partial charge in [-0.1, -0.05) is 50.1 Å². The molecule has 1 aromatic carbocycles. The molecule has 6 nitrogen and oxygen atoms in total. The second-order valence-corrected chi connectivity index (χ2v) is 8.44. The van der Waals surface area contributed by atoms with Gasteiger partial charge in [0.15, 0.2) is 0 Å². The van der Waals surface area contributed by atoms with Crippen molar-refractivity contribution in [3.05, 3.63) is 41.5 Å². The van der Waals surface area contributed by atoms with E-state index in [-0.39, 0.29) is 28.6 Å². The van der Waals surface area contributed by atoms with Crippen molar-refractivity contribution in [2.75, 3.05) is 5.32 Å². The largest absolute Gasteiger partial charge is 0.338 e. The van der Waals surface area contributed by atoms with Crippen LogP contribution in [0.5, 0.6) is 0 Å². The van der Waals surface area contributed by atoms with Gasteiger partial charge in [-0.3, -0.25) is 9.59 Å². The zero-order chi connectivity index (χ0) is 19.7. The molecule has 2 aliphatic carbocycles. The summed E-state index contributed by atoms with van der Waals surface area (Å²) in [5.74, 6) is -1.26. The summed E-state index contributed by atoms with van der Waals surface area (Å²) < 4.78 is 0. The number of hydrogen-bond acceptors (Lipinski definition) is 3.